The molecule has 116 valence electrons. The number of hydrogen-bond donors (Lipinski definition) is 0. The lowest BCUT2D eigenvalue weighted by Gasteiger charge is -2.28. The molecule has 22 heavy (non-hydrogen) atoms. The normalized spacial score (nSPS) is 23.4. The molecule has 2 aliphatic heterocycles. The van der Waals surface area contributed by atoms with Crippen molar-refractivity contribution in [1.82, 2.24) is 0 Å². The van der Waals surface area contributed by atoms with Crippen molar-refractivity contribution in [3.63, 3.8) is 0 Å². The van der Waals surface area contributed by atoms with Gasteiger partial charge in [-0.2, -0.15) is 0 Å². The number of methoxy groups -OCH3 is 2. The predicted molar refractivity (Wildman–Crippen MR) is 77.4 cm³/mol. The van der Waals surface area contributed by atoms with Gasteiger partial charge in [0.2, 0.25) is 6.79 Å². The largest absolute Gasteiger partial charge is 0.498 e. The van der Waals surface area contributed by atoms with Gasteiger partial charge in [-0.05, 0) is 23.8 Å². The summed E-state index contributed by atoms with van der Waals surface area (Å²) in [6.45, 7) is 0.233. The van der Waals surface area contributed by atoms with Crippen molar-refractivity contribution in [2.75, 3.05) is 21.0 Å². The quantitative estimate of drug-likeness (QED) is 0.792. The second-order valence-electron chi connectivity index (χ2n) is 4.78. The van der Waals surface area contributed by atoms with E-state index in [1.807, 2.05) is 24.3 Å². The molecule has 0 saturated carbocycles. The Hall–Kier alpha value is -2.47. The van der Waals surface area contributed by atoms with Crippen LogP contribution in [0.2, 0.25) is 0 Å². The Morgan fingerprint density at radius 2 is 2.05 bits per heavy atom. The Bertz CT molecular complexity index is 634. The predicted octanol–water partition coefficient (Wildman–Crippen LogP) is 1.90. The molecular formula is C16H16O6. The fraction of sp³-hybridized carbons (Fsp3) is 0.312. The summed E-state index contributed by atoms with van der Waals surface area (Å²) >= 11 is 0. The maximum Gasteiger partial charge on any atom is 0.334 e. The molecule has 0 saturated heterocycles. The summed E-state index contributed by atoms with van der Waals surface area (Å²) in [7, 11) is 3.03. The van der Waals surface area contributed by atoms with Gasteiger partial charge in [-0.25, -0.2) is 4.79 Å². The van der Waals surface area contributed by atoms with Crippen molar-refractivity contribution in [3.05, 3.63) is 41.7 Å². The first-order valence-electron chi connectivity index (χ1n) is 6.78. The van der Waals surface area contributed by atoms with Crippen molar-refractivity contribution in [2.24, 2.45) is 0 Å². The Morgan fingerprint density at radius 3 is 2.82 bits per heavy atom. The number of carbonyl (C=O) groups is 1. The van der Waals surface area contributed by atoms with E-state index in [1.54, 1.807) is 6.08 Å². The van der Waals surface area contributed by atoms with Gasteiger partial charge in [-0.1, -0.05) is 12.1 Å². The molecule has 0 aliphatic carbocycles. The van der Waals surface area contributed by atoms with Crippen LogP contribution in [0.25, 0.3) is 6.08 Å². The van der Waals surface area contributed by atoms with E-state index in [0.29, 0.717) is 11.5 Å². The molecule has 3 rings (SSSR count). The number of hydrogen-bond acceptors (Lipinski definition) is 6. The van der Waals surface area contributed by atoms with Crippen LogP contribution in [0.15, 0.2) is 36.1 Å². The van der Waals surface area contributed by atoms with E-state index in [-0.39, 0.29) is 6.79 Å². The van der Waals surface area contributed by atoms with Crippen LogP contribution in [0.1, 0.15) is 5.56 Å². The van der Waals surface area contributed by atoms with Crippen LogP contribution in [0.4, 0.5) is 0 Å². The maximum atomic E-state index is 11.6. The molecular weight excluding hydrogens is 288 g/mol. The van der Waals surface area contributed by atoms with Gasteiger partial charge in [-0.15, -0.1) is 0 Å². The van der Waals surface area contributed by atoms with Gasteiger partial charge < -0.3 is 23.7 Å². The van der Waals surface area contributed by atoms with E-state index in [4.69, 9.17) is 23.7 Å². The van der Waals surface area contributed by atoms with Crippen LogP contribution < -0.4 is 9.47 Å². The van der Waals surface area contributed by atoms with Crippen molar-refractivity contribution in [2.45, 2.75) is 12.2 Å². The molecule has 0 fully saturated rings. The van der Waals surface area contributed by atoms with E-state index >= 15 is 0 Å². The average molecular weight is 304 g/mol. The van der Waals surface area contributed by atoms with Gasteiger partial charge in [0.15, 0.2) is 23.7 Å². The molecule has 1 aromatic carbocycles. The fourth-order valence-electron chi connectivity index (χ4n) is 2.38. The molecule has 0 amide bonds. The Kier molecular flexibility index (Phi) is 4.02. The molecule has 0 aromatic heterocycles. The van der Waals surface area contributed by atoms with E-state index in [9.17, 15) is 4.79 Å². The zero-order valence-corrected chi connectivity index (χ0v) is 12.3. The smallest absolute Gasteiger partial charge is 0.334 e. The third-order valence-corrected chi connectivity index (χ3v) is 3.46. The van der Waals surface area contributed by atoms with Gasteiger partial charge in [0.1, 0.15) is 5.76 Å². The number of rotatable bonds is 4. The summed E-state index contributed by atoms with van der Waals surface area (Å²) in [5, 5.41) is 0. The molecule has 6 heteroatoms. The second-order valence-corrected chi connectivity index (χ2v) is 4.78. The van der Waals surface area contributed by atoms with E-state index in [0.717, 1.165) is 11.3 Å². The molecule has 2 aliphatic rings. The molecule has 0 unspecified atom stereocenters. The molecule has 2 heterocycles. The highest BCUT2D eigenvalue weighted by atomic mass is 16.7. The van der Waals surface area contributed by atoms with Crippen LogP contribution in [0.3, 0.4) is 0 Å². The van der Waals surface area contributed by atoms with E-state index in [2.05, 4.69) is 0 Å². The van der Waals surface area contributed by atoms with Crippen LogP contribution in [0, 0.1) is 0 Å². The average Bonchev–Trinajstić information content (AvgIpc) is 2.99. The zero-order valence-electron chi connectivity index (χ0n) is 12.3. The van der Waals surface area contributed by atoms with Gasteiger partial charge in [0.25, 0.3) is 0 Å². The minimum atomic E-state index is -0.553. The summed E-state index contributed by atoms with van der Waals surface area (Å²) in [6.07, 6.45) is 3.87. The first-order valence-corrected chi connectivity index (χ1v) is 6.78. The number of fused-ring (bicyclic) bond motifs is 1. The highest BCUT2D eigenvalue weighted by molar-refractivity contribution is 5.84. The lowest BCUT2D eigenvalue weighted by Crippen LogP contribution is -2.37. The Morgan fingerprint density at radius 1 is 1.23 bits per heavy atom. The zero-order chi connectivity index (χ0) is 15.5. The number of carbonyl (C=O) groups excluding carboxylic acids is 1. The summed E-state index contributed by atoms with van der Waals surface area (Å²) in [4.78, 5) is 11.6. The third-order valence-electron chi connectivity index (χ3n) is 3.46. The van der Waals surface area contributed by atoms with Gasteiger partial charge >= 0.3 is 5.97 Å². The number of ether oxygens (including phenoxy) is 5. The molecule has 0 N–H and O–H groups in total. The van der Waals surface area contributed by atoms with Crippen molar-refractivity contribution >= 4 is 12.0 Å². The molecule has 0 spiro atoms. The van der Waals surface area contributed by atoms with E-state index in [1.165, 1.54) is 20.3 Å². The van der Waals surface area contributed by atoms with E-state index < -0.39 is 18.2 Å². The van der Waals surface area contributed by atoms with Crippen molar-refractivity contribution in [1.29, 1.82) is 0 Å². The Labute approximate surface area is 127 Å². The maximum absolute atomic E-state index is 11.6. The summed E-state index contributed by atoms with van der Waals surface area (Å²) in [5.41, 5.74) is 0.906. The van der Waals surface area contributed by atoms with Crippen molar-refractivity contribution < 1.29 is 28.5 Å². The van der Waals surface area contributed by atoms with Gasteiger partial charge in [0.05, 0.1) is 13.2 Å². The fourth-order valence-corrected chi connectivity index (χ4v) is 2.38. The number of esters is 1. The molecule has 6 nitrogen and oxygen atoms in total. The van der Waals surface area contributed by atoms with Gasteiger partial charge in [-0.3, -0.25) is 0 Å². The molecule has 0 radical (unpaired) electrons. The lowest BCUT2D eigenvalue weighted by molar-refractivity contribution is -0.150. The number of cyclic esters (lactones) is 1. The van der Waals surface area contributed by atoms with Crippen LogP contribution in [0.5, 0.6) is 11.5 Å². The second kappa shape index (κ2) is 6.11. The molecule has 2 atom stereocenters. The highest BCUT2D eigenvalue weighted by Gasteiger charge is 2.32. The monoisotopic (exact) mass is 304 g/mol. The number of benzene rings is 1. The lowest BCUT2D eigenvalue weighted by atomic mass is 10.1. The van der Waals surface area contributed by atoms with Crippen LogP contribution in [-0.2, 0) is 19.0 Å². The van der Waals surface area contributed by atoms with Gasteiger partial charge in [0, 0.05) is 7.11 Å². The van der Waals surface area contributed by atoms with Crippen LogP contribution in [-0.4, -0.2) is 39.2 Å². The summed E-state index contributed by atoms with van der Waals surface area (Å²) in [5.74, 6) is 1.41. The topological polar surface area (TPSA) is 63.2 Å². The summed E-state index contributed by atoms with van der Waals surface area (Å²) < 4.78 is 26.4. The van der Waals surface area contributed by atoms with Crippen molar-refractivity contribution in [3.8, 4) is 11.5 Å². The SMILES string of the molecule is COC1=CC(=O)O[C@@H](/C=C/c2ccc3c(c2)OCO3)[C@H]1OC. The third kappa shape index (κ3) is 2.78. The first kappa shape index (κ1) is 14.5. The summed E-state index contributed by atoms with van der Waals surface area (Å²) in [6, 6.07) is 5.59. The standard InChI is InChI=1S/C16H16O6/c1-18-14-8-15(17)22-12(16(14)19-2)6-4-10-3-5-11-13(7-10)21-9-20-11/h3-8,12,16H,9H2,1-2H3/b6-4+/t12-,16+/m0/s1. The molecule has 1 aromatic rings. The minimum Gasteiger partial charge on any atom is -0.498 e. The minimum absolute atomic E-state index is 0.233. The highest BCUT2D eigenvalue weighted by Crippen LogP contribution is 2.33. The van der Waals surface area contributed by atoms with Crippen LogP contribution >= 0.6 is 0 Å². The molecule has 0 bridgehead atoms. The first-order chi connectivity index (χ1) is 10.7. The Balaban J connectivity index is 1.79.